The molecule has 5 rings (SSSR count). The molecule has 0 radical (unpaired) electrons. The van der Waals surface area contributed by atoms with Crippen LogP contribution in [0.25, 0.3) is 0 Å². The number of carbonyl (C=O) groups excluding carboxylic acids is 2. The molecule has 3 fully saturated rings. The summed E-state index contributed by atoms with van der Waals surface area (Å²) in [6.07, 6.45) is 3.14. The molecule has 8 atom stereocenters. The summed E-state index contributed by atoms with van der Waals surface area (Å²) in [5.41, 5.74) is -2.55. The Balaban J connectivity index is 1.68. The highest BCUT2D eigenvalue weighted by atomic mass is 16.6. The molecule has 6 heteroatoms. The number of hydrogen-bond acceptors (Lipinski definition) is 6. The molecule has 0 saturated heterocycles. The molecule has 0 aliphatic heterocycles. The first-order chi connectivity index (χ1) is 14.0. The second-order valence-corrected chi connectivity index (χ2v) is 11.0. The molecular formula is C24H32O6. The van der Waals surface area contributed by atoms with Gasteiger partial charge in [0.05, 0.1) is 17.9 Å². The van der Waals surface area contributed by atoms with Crippen molar-refractivity contribution in [3.8, 4) is 0 Å². The summed E-state index contributed by atoms with van der Waals surface area (Å²) in [6.45, 7) is 7.58. The van der Waals surface area contributed by atoms with Gasteiger partial charge in [0.25, 0.3) is 0 Å². The van der Waals surface area contributed by atoms with Gasteiger partial charge in [0.2, 0.25) is 0 Å². The zero-order valence-corrected chi connectivity index (χ0v) is 18.1. The van der Waals surface area contributed by atoms with Gasteiger partial charge in [-0.2, -0.15) is 0 Å². The van der Waals surface area contributed by atoms with Crippen molar-refractivity contribution in [1.82, 2.24) is 0 Å². The quantitative estimate of drug-likeness (QED) is 0.479. The predicted molar refractivity (Wildman–Crippen MR) is 108 cm³/mol. The number of ether oxygens (including phenoxy) is 1. The van der Waals surface area contributed by atoms with Crippen LogP contribution in [0.3, 0.4) is 0 Å². The lowest BCUT2D eigenvalue weighted by Gasteiger charge is -2.48. The van der Waals surface area contributed by atoms with Crippen molar-refractivity contribution in [2.75, 3.05) is 6.61 Å². The second kappa shape index (κ2) is 6.05. The Morgan fingerprint density at radius 1 is 1.30 bits per heavy atom. The normalized spacial score (nSPS) is 48.6. The Morgan fingerprint density at radius 3 is 2.57 bits per heavy atom. The lowest BCUT2D eigenvalue weighted by molar-refractivity contribution is -0.204. The standard InChI is InChI=1S/C24H32O6/c1-11-9-23-12(2)7-16-17(22(16,3)4)15(19(23)27)8-14(10-25)18(26)24(23,29)20(11)30-21(28)13-5-6-13/h8-9,12-13,15-18,20,25-26,29H,5-7,10H2,1-4H3. The third kappa shape index (κ3) is 2.25. The van der Waals surface area contributed by atoms with Crippen LogP contribution >= 0.6 is 0 Å². The molecule has 5 aliphatic rings. The highest BCUT2D eigenvalue weighted by Gasteiger charge is 2.76. The monoisotopic (exact) mass is 416 g/mol. The van der Waals surface area contributed by atoms with Crippen molar-refractivity contribution >= 4 is 11.8 Å². The fourth-order valence-electron chi connectivity index (χ4n) is 7.13. The molecule has 0 aromatic heterocycles. The van der Waals surface area contributed by atoms with Crippen molar-refractivity contribution < 1.29 is 29.6 Å². The number of esters is 1. The average Bonchev–Trinajstić information content (AvgIpc) is 3.59. The Kier molecular flexibility index (Phi) is 4.11. The van der Waals surface area contributed by atoms with Crippen LogP contribution < -0.4 is 0 Å². The van der Waals surface area contributed by atoms with Crippen molar-refractivity contribution in [3.05, 3.63) is 23.3 Å². The maximum atomic E-state index is 14.1. The van der Waals surface area contributed by atoms with Gasteiger partial charge in [0.1, 0.15) is 6.10 Å². The van der Waals surface area contributed by atoms with E-state index in [9.17, 15) is 24.9 Å². The topological polar surface area (TPSA) is 104 Å². The van der Waals surface area contributed by atoms with E-state index in [-0.39, 0.29) is 34.5 Å². The Bertz CT molecular complexity index is 882. The number of allylic oxidation sites excluding steroid dienone is 1. The van der Waals surface area contributed by atoms with Gasteiger partial charge in [0, 0.05) is 5.92 Å². The maximum Gasteiger partial charge on any atom is 0.309 e. The highest BCUT2D eigenvalue weighted by Crippen LogP contribution is 2.71. The van der Waals surface area contributed by atoms with E-state index in [1.807, 2.05) is 6.92 Å². The summed E-state index contributed by atoms with van der Waals surface area (Å²) in [6, 6.07) is 0. The van der Waals surface area contributed by atoms with Crippen LogP contribution in [0.15, 0.2) is 23.3 Å². The summed E-state index contributed by atoms with van der Waals surface area (Å²) in [7, 11) is 0. The van der Waals surface area contributed by atoms with Crippen LogP contribution in [0.1, 0.15) is 47.0 Å². The Labute approximate surface area is 177 Å². The van der Waals surface area contributed by atoms with Crippen LogP contribution in [0.4, 0.5) is 0 Å². The number of fused-ring (bicyclic) bond motifs is 3. The number of aliphatic hydroxyl groups excluding tert-OH is 2. The smallest absolute Gasteiger partial charge is 0.309 e. The Morgan fingerprint density at radius 2 is 1.97 bits per heavy atom. The molecule has 30 heavy (non-hydrogen) atoms. The largest absolute Gasteiger partial charge is 0.454 e. The molecule has 5 aliphatic carbocycles. The zero-order chi connectivity index (χ0) is 21.8. The zero-order valence-electron chi connectivity index (χ0n) is 18.1. The summed E-state index contributed by atoms with van der Waals surface area (Å²) in [4.78, 5) is 26.7. The lowest BCUT2D eigenvalue weighted by atomic mass is 9.59. The second-order valence-electron chi connectivity index (χ2n) is 11.0. The molecular weight excluding hydrogens is 384 g/mol. The van der Waals surface area contributed by atoms with E-state index in [1.165, 1.54) is 0 Å². The summed E-state index contributed by atoms with van der Waals surface area (Å²) in [5.74, 6) is -0.960. The molecule has 6 nitrogen and oxygen atoms in total. The third-order valence-corrected chi connectivity index (χ3v) is 9.04. The minimum absolute atomic E-state index is 0.00409. The van der Waals surface area contributed by atoms with Crippen molar-refractivity contribution in [1.29, 1.82) is 0 Å². The van der Waals surface area contributed by atoms with Crippen LogP contribution in [-0.2, 0) is 14.3 Å². The van der Waals surface area contributed by atoms with Crippen molar-refractivity contribution in [3.63, 3.8) is 0 Å². The minimum atomic E-state index is -2.03. The van der Waals surface area contributed by atoms with E-state index in [0.717, 1.165) is 19.3 Å². The number of Topliss-reactive ketones (excluding diaryl/α,β-unsaturated/α-hetero) is 1. The van der Waals surface area contributed by atoms with E-state index in [1.54, 1.807) is 19.1 Å². The molecule has 3 N–H and O–H groups in total. The summed E-state index contributed by atoms with van der Waals surface area (Å²) in [5, 5.41) is 33.6. The number of rotatable bonds is 3. The highest BCUT2D eigenvalue weighted by molar-refractivity contribution is 5.95. The molecule has 164 valence electrons. The number of ketones is 1. The molecule has 0 amide bonds. The molecule has 1 spiro atoms. The average molecular weight is 417 g/mol. The molecule has 0 aromatic rings. The fourth-order valence-corrected chi connectivity index (χ4v) is 7.13. The lowest BCUT2D eigenvalue weighted by Crippen LogP contribution is -2.65. The molecule has 0 heterocycles. The van der Waals surface area contributed by atoms with E-state index >= 15 is 0 Å². The van der Waals surface area contributed by atoms with Gasteiger partial charge in [-0.3, -0.25) is 9.59 Å². The maximum absolute atomic E-state index is 14.1. The third-order valence-electron chi connectivity index (χ3n) is 9.04. The van der Waals surface area contributed by atoms with Gasteiger partial charge in [-0.1, -0.05) is 32.9 Å². The molecule has 3 saturated carbocycles. The SMILES string of the molecule is CC1=CC23C(=O)C(C=C(CO)C(O)C2(O)C1OC(=O)C1CC1)C1C(CC3C)C1(C)C. The number of carbonyl (C=O) groups is 2. The minimum Gasteiger partial charge on any atom is -0.454 e. The van der Waals surface area contributed by atoms with Gasteiger partial charge >= 0.3 is 5.97 Å². The fraction of sp³-hybridized carbons (Fsp3) is 0.750. The van der Waals surface area contributed by atoms with Crippen LogP contribution in [0.5, 0.6) is 0 Å². The summed E-state index contributed by atoms with van der Waals surface area (Å²) >= 11 is 0. The number of aliphatic hydroxyl groups is 3. The van der Waals surface area contributed by atoms with E-state index in [0.29, 0.717) is 11.5 Å². The van der Waals surface area contributed by atoms with Crippen molar-refractivity contribution in [2.45, 2.75) is 64.8 Å². The molecule has 0 aromatic carbocycles. The van der Waals surface area contributed by atoms with Gasteiger partial charge < -0.3 is 20.1 Å². The first-order valence-electron chi connectivity index (χ1n) is 11.2. The van der Waals surface area contributed by atoms with Gasteiger partial charge in [-0.25, -0.2) is 0 Å². The summed E-state index contributed by atoms with van der Waals surface area (Å²) < 4.78 is 5.76. The first-order valence-corrected chi connectivity index (χ1v) is 11.2. The molecule has 8 unspecified atom stereocenters. The van der Waals surface area contributed by atoms with Crippen molar-refractivity contribution in [2.24, 2.45) is 40.4 Å². The van der Waals surface area contributed by atoms with Gasteiger partial charge in [-0.05, 0) is 60.5 Å². The van der Waals surface area contributed by atoms with Crippen LogP contribution in [-0.4, -0.2) is 51.5 Å². The first kappa shape index (κ1) is 20.4. The Hall–Kier alpha value is -1.50. The molecule has 2 bridgehead atoms. The van der Waals surface area contributed by atoms with Crippen LogP contribution in [0.2, 0.25) is 0 Å². The van der Waals surface area contributed by atoms with Gasteiger partial charge in [0.15, 0.2) is 17.5 Å². The van der Waals surface area contributed by atoms with E-state index in [2.05, 4.69) is 13.8 Å². The van der Waals surface area contributed by atoms with E-state index < -0.39 is 41.7 Å². The predicted octanol–water partition coefficient (Wildman–Crippen LogP) is 1.78. The van der Waals surface area contributed by atoms with Crippen LogP contribution in [0, 0.1) is 40.4 Å². The van der Waals surface area contributed by atoms with Gasteiger partial charge in [-0.15, -0.1) is 0 Å². The number of hydrogen-bond donors (Lipinski definition) is 3. The van der Waals surface area contributed by atoms with E-state index in [4.69, 9.17) is 4.74 Å².